The summed E-state index contributed by atoms with van der Waals surface area (Å²) in [5.74, 6) is 0.173. The summed E-state index contributed by atoms with van der Waals surface area (Å²) in [5.41, 5.74) is 6.46. The molecule has 114 valence electrons. The molecule has 0 saturated carbocycles. The van der Waals surface area contributed by atoms with Gasteiger partial charge in [-0.2, -0.15) is 0 Å². The summed E-state index contributed by atoms with van der Waals surface area (Å²) >= 11 is 0. The minimum absolute atomic E-state index is 0.173. The van der Waals surface area contributed by atoms with Gasteiger partial charge in [-0.05, 0) is 49.1 Å². The minimum atomic E-state index is 0.173. The number of carbonyl (C=O) groups is 1. The number of rotatable bonds is 1. The van der Waals surface area contributed by atoms with Crippen molar-refractivity contribution in [2.24, 2.45) is 7.05 Å². The molecule has 1 heterocycles. The molecule has 1 aliphatic rings. The average molecular weight is 301 g/mol. The number of Topliss-reactive ketones (excluding diaryl/α,β-unsaturated/α-hetero) is 1. The van der Waals surface area contributed by atoms with Crippen LogP contribution in [0, 0.1) is 6.92 Å². The number of benzene rings is 2. The standard InChI is InChI=1S/C21H19NO/c1-14-8-11-19-18(12-14)17-10-9-16(21(23)20(17)22(19)2)13-15-6-4-3-5-7-15/h3-8,11-13H,9-10H2,1-2H3/b16-13-. The molecule has 2 nitrogen and oxygen atoms in total. The molecule has 2 aromatic carbocycles. The molecule has 2 heteroatoms. The number of aromatic nitrogens is 1. The van der Waals surface area contributed by atoms with E-state index in [0.29, 0.717) is 0 Å². The predicted octanol–water partition coefficient (Wildman–Crippen LogP) is 4.70. The van der Waals surface area contributed by atoms with Gasteiger partial charge in [0, 0.05) is 23.5 Å². The molecule has 1 aliphatic carbocycles. The SMILES string of the molecule is Cc1ccc2c(c1)c1c(n2C)C(=O)/C(=C\c2ccccc2)CC1. The van der Waals surface area contributed by atoms with E-state index in [1.54, 1.807) is 0 Å². The second-order valence-electron chi connectivity index (χ2n) is 6.32. The highest BCUT2D eigenvalue weighted by molar-refractivity contribution is 6.15. The van der Waals surface area contributed by atoms with Crippen LogP contribution in [-0.2, 0) is 13.5 Å². The van der Waals surface area contributed by atoms with Gasteiger partial charge < -0.3 is 4.57 Å². The molecule has 0 saturated heterocycles. The van der Waals surface area contributed by atoms with E-state index in [0.717, 1.165) is 35.2 Å². The molecule has 3 aromatic rings. The van der Waals surface area contributed by atoms with Gasteiger partial charge in [-0.25, -0.2) is 0 Å². The number of fused-ring (bicyclic) bond motifs is 3. The van der Waals surface area contributed by atoms with Gasteiger partial charge in [0.05, 0.1) is 5.69 Å². The van der Waals surface area contributed by atoms with Crippen molar-refractivity contribution in [3.05, 3.63) is 76.5 Å². The van der Waals surface area contributed by atoms with E-state index in [4.69, 9.17) is 0 Å². The van der Waals surface area contributed by atoms with Crippen LogP contribution < -0.4 is 0 Å². The van der Waals surface area contributed by atoms with Crippen molar-refractivity contribution in [1.29, 1.82) is 0 Å². The molecule has 0 bridgehead atoms. The fraction of sp³-hybridized carbons (Fsp3) is 0.190. The van der Waals surface area contributed by atoms with Crippen LogP contribution in [0.5, 0.6) is 0 Å². The summed E-state index contributed by atoms with van der Waals surface area (Å²) < 4.78 is 2.06. The molecule has 0 N–H and O–H groups in total. The Morgan fingerprint density at radius 1 is 1.04 bits per heavy atom. The summed E-state index contributed by atoms with van der Waals surface area (Å²) in [4.78, 5) is 13.0. The van der Waals surface area contributed by atoms with Crippen molar-refractivity contribution in [2.75, 3.05) is 0 Å². The predicted molar refractivity (Wildman–Crippen MR) is 94.7 cm³/mol. The van der Waals surface area contributed by atoms with Crippen LogP contribution >= 0.6 is 0 Å². The average Bonchev–Trinajstić information content (AvgIpc) is 2.84. The maximum Gasteiger partial charge on any atom is 0.205 e. The number of aryl methyl sites for hydroxylation is 3. The smallest absolute Gasteiger partial charge is 0.205 e. The number of allylic oxidation sites excluding steroid dienone is 1. The topological polar surface area (TPSA) is 22.0 Å². The quantitative estimate of drug-likeness (QED) is 0.597. The number of hydrogen-bond donors (Lipinski definition) is 0. The van der Waals surface area contributed by atoms with Crippen LogP contribution in [0.1, 0.15) is 33.6 Å². The van der Waals surface area contributed by atoms with Crippen molar-refractivity contribution in [2.45, 2.75) is 19.8 Å². The molecule has 0 atom stereocenters. The van der Waals surface area contributed by atoms with Crippen molar-refractivity contribution in [3.8, 4) is 0 Å². The third-order valence-corrected chi connectivity index (χ3v) is 4.75. The zero-order valence-electron chi connectivity index (χ0n) is 13.5. The molecule has 0 radical (unpaired) electrons. The molecule has 23 heavy (non-hydrogen) atoms. The van der Waals surface area contributed by atoms with Gasteiger partial charge in [0.15, 0.2) is 0 Å². The maximum absolute atomic E-state index is 13.0. The number of hydrogen-bond acceptors (Lipinski definition) is 1. The molecule has 0 amide bonds. The van der Waals surface area contributed by atoms with Crippen molar-refractivity contribution < 1.29 is 4.79 Å². The summed E-state index contributed by atoms with van der Waals surface area (Å²) in [5, 5.41) is 1.23. The fourth-order valence-electron chi connectivity index (χ4n) is 3.59. The van der Waals surface area contributed by atoms with E-state index in [1.165, 1.54) is 16.5 Å². The Labute approximate surface area is 136 Å². The van der Waals surface area contributed by atoms with Crippen LogP contribution in [0.4, 0.5) is 0 Å². The molecular weight excluding hydrogens is 282 g/mol. The summed E-state index contributed by atoms with van der Waals surface area (Å²) in [6, 6.07) is 16.5. The summed E-state index contributed by atoms with van der Waals surface area (Å²) in [7, 11) is 2.00. The maximum atomic E-state index is 13.0. The highest BCUT2D eigenvalue weighted by atomic mass is 16.1. The van der Waals surface area contributed by atoms with E-state index in [1.807, 2.05) is 43.5 Å². The molecule has 4 rings (SSSR count). The minimum Gasteiger partial charge on any atom is -0.341 e. The normalized spacial score (nSPS) is 16.1. The van der Waals surface area contributed by atoms with Crippen LogP contribution in [0.2, 0.25) is 0 Å². The lowest BCUT2D eigenvalue weighted by Crippen LogP contribution is -2.16. The van der Waals surface area contributed by atoms with Crippen LogP contribution in [-0.4, -0.2) is 10.4 Å². The van der Waals surface area contributed by atoms with Gasteiger partial charge in [-0.1, -0.05) is 42.0 Å². The number of ketones is 1. The van der Waals surface area contributed by atoms with Crippen LogP contribution in [0.15, 0.2) is 54.1 Å². The summed E-state index contributed by atoms with van der Waals surface area (Å²) in [6.45, 7) is 2.10. The third-order valence-electron chi connectivity index (χ3n) is 4.75. The lowest BCUT2D eigenvalue weighted by Gasteiger charge is -2.16. The highest BCUT2D eigenvalue weighted by Crippen LogP contribution is 2.34. The Morgan fingerprint density at radius 2 is 1.83 bits per heavy atom. The van der Waals surface area contributed by atoms with E-state index < -0.39 is 0 Å². The fourth-order valence-corrected chi connectivity index (χ4v) is 3.59. The third kappa shape index (κ3) is 2.22. The van der Waals surface area contributed by atoms with Gasteiger partial charge in [0.1, 0.15) is 0 Å². The second kappa shape index (κ2) is 5.24. The first-order chi connectivity index (χ1) is 11.1. The molecule has 0 spiro atoms. The second-order valence-corrected chi connectivity index (χ2v) is 6.32. The Kier molecular flexibility index (Phi) is 3.19. The Bertz CT molecular complexity index is 945. The monoisotopic (exact) mass is 301 g/mol. The lowest BCUT2D eigenvalue weighted by atomic mass is 9.89. The molecule has 0 unspecified atom stereocenters. The first-order valence-corrected chi connectivity index (χ1v) is 8.03. The van der Waals surface area contributed by atoms with E-state index >= 15 is 0 Å². The molecule has 0 fully saturated rings. The first-order valence-electron chi connectivity index (χ1n) is 8.03. The number of nitrogens with zero attached hydrogens (tertiary/aromatic N) is 1. The Balaban J connectivity index is 1.86. The number of carbonyl (C=O) groups excluding carboxylic acids is 1. The van der Waals surface area contributed by atoms with Gasteiger partial charge in [0.2, 0.25) is 5.78 Å². The highest BCUT2D eigenvalue weighted by Gasteiger charge is 2.27. The van der Waals surface area contributed by atoms with E-state index in [9.17, 15) is 4.79 Å². The zero-order chi connectivity index (χ0) is 16.0. The van der Waals surface area contributed by atoms with E-state index in [-0.39, 0.29) is 5.78 Å². The zero-order valence-corrected chi connectivity index (χ0v) is 13.5. The Hall–Kier alpha value is -2.61. The molecule has 0 aliphatic heterocycles. The molecule has 1 aromatic heterocycles. The lowest BCUT2D eigenvalue weighted by molar-refractivity contribution is 0.101. The van der Waals surface area contributed by atoms with Crippen LogP contribution in [0.3, 0.4) is 0 Å². The van der Waals surface area contributed by atoms with Gasteiger partial charge in [-0.3, -0.25) is 4.79 Å². The van der Waals surface area contributed by atoms with Crippen LogP contribution in [0.25, 0.3) is 17.0 Å². The van der Waals surface area contributed by atoms with Crippen molar-refractivity contribution in [3.63, 3.8) is 0 Å². The van der Waals surface area contributed by atoms with Crippen molar-refractivity contribution in [1.82, 2.24) is 4.57 Å². The van der Waals surface area contributed by atoms with Gasteiger partial charge in [-0.15, -0.1) is 0 Å². The van der Waals surface area contributed by atoms with Crippen molar-refractivity contribution >= 4 is 22.8 Å². The van der Waals surface area contributed by atoms with Gasteiger partial charge >= 0.3 is 0 Å². The van der Waals surface area contributed by atoms with Gasteiger partial charge in [0.25, 0.3) is 0 Å². The molecular formula is C21H19NO. The first kappa shape index (κ1) is 14.0. The van der Waals surface area contributed by atoms with E-state index in [2.05, 4.69) is 29.7 Å². The summed E-state index contributed by atoms with van der Waals surface area (Å²) in [6.07, 6.45) is 3.78. The Morgan fingerprint density at radius 3 is 2.61 bits per heavy atom. The largest absolute Gasteiger partial charge is 0.341 e.